The number of carbonyl (C=O) groups excluding carboxylic acids is 1. The van der Waals surface area contributed by atoms with E-state index < -0.39 is 6.10 Å². The lowest BCUT2D eigenvalue weighted by molar-refractivity contribution is -0.123. The normalized spacial score (nSPS) is 18.8. The molecular formula is C15H21NO3. The van der Waals surface area contributed by atoms with Crippen LogP contribution in [0.15, 0.2) is 24.3 Å². The zero-order valence-corrected chi connectivity index (χ0v) is 11.4. The molecule has 1 aromatic carbocycles. The summed E-state index contributed by atoms with van der Waals surface area (Å²) in [6.07, 6.45) is 0.208. The number of nitrogens with one attached hydrogen (secondary N) is 1. The molecule has 0 saturated heterocycles. The Morgan fingerprint density at radius 1 is 1.47 bits per heavy atom. The zero-order valence-electron chi connectivity index (χ0n) is 11.4. The molecule has 1 amide bonds. The highest BCUT2D eigenvalue weighted by Gasteiger charge is 2.29. The molecule has 19 heavy (non-hydrogen) atoms. The van der Waals surface area contributed by atoms with Crippen LogP contribution in [-0.2, 0) is 4.79 Å². The van der Waals surface area contributed by atoms with E-state index in [0.29, 0.717) is 25.5 Å². The van der Waals surface area contributed by atoms with Gasteiger partial charge in [-0.05, 0) is 18.4 Å². The molecule has 1 heterocycles. The van der Waals surface area contributed by atoms with E-state index in [1.54, 1.807) is 0 Å². The summed E-state index contributed by atoms with van der Waals surface area (Å²) in [4.78, 5) is 12.1. The number of rotatable bonds is 5. The molecule has 0 saturated carbocycles. The molecule has 1 aliphatic rings. The zero-order chi connectivity index (χ0) is 13.8. The van der Waals surface area contributed by atoms with Gasteiger partial charge in [-0.2, -0.15) is 0 Å². The van der Waals surface area contributed by atoms with Crippen molar-refractivity contribution < 1.29 is 14.6 Å². The Balaban J connectivity index is 1.88. The van der Waals surface area contributed by atoms with Crippen LogP contribution in [0.1, 0.15) is 31.7 Å². The van der Waals surface area contributed by atoms with Crippen LogP contribution in [0, 0.1) is 5.92 Å². The van der Waals surface area contributed by atoms with Crippen molar-refractivity contribution in [1.82, 2.24) is 5.32 Å². The average Bonchev–Trinajstić information content (AvgIpc) is 2.79. The monoisotopic (exact) mass is 263 g/mol. The van der Waals surface area contributed by atoms with Gasteiger partial charge >= 0.3 is 0 Å². The molecule has 0 fully saturated rings. The third kappa shape index (κ3) is 3.47. The number of para-hydroxylation sites is 1. The number of ether oxygens (including phenoxy) is 1. The Labute approximate surface area is 113 Å². The predicted octanol–water partition coefficient (Wildman–Crippen LogP) is 1.69. The number of amides is 1. The molecule has 0 bridgehead atoms. The summed E-state index contributed by atoms with van der Waals surface area (Å²) in [5, 5.41) is 12.6. The fourth-order valence-electron chi connectivity index (χ4n) is 2.35. The Hall–Kier alpha value is -1.55. The van der Waals surface area contributed by atoms with Crippen LogP contribution >= 0.6 is 0 Å². The van der Waals surface area contributed by atoms with Crippen molar-refractivity contribution in [1.29, 1.82) is 0 Å². The van der Waals surface area contributed by atoms with Crippen LogP contribution < -0.4 is 10.1 Å². The second-order valence-electron chi connectivity index (χ2n) is 5.43. The van der Waals surface area contributed by atoms with E-state index in [9.17, 15) is 9.90 Å². The highest BCUT2D eigenvalue weighted by Crippen LogP contribution is 2.33. The summed E-state index contributed by atoms with van der Waals surface area (Å²) < 4.78 is 5.48. The summed E-state index contributed by atoms with van der Waals surface area (Å²) in [6.45, 7) is 4.78. The van der Waals surface area contributed by atoms with Gasteiger partial charge in [0.15, 0.2) is 0 Å². The summed E-state index contributed by atoms with van der Waals surface area (Å²) >= 11 is 0. The van der Waals surface area contributed by atoms with Crippen LogP contribution in [0.4, 0.5) is 0 Å². The van der Waals surface area contributed by atoms with Crippen LogP contribution in [-0.4, -0.2) is 30.3 Å². The molecule has 1 aromatic rings. The standard InChI is InChI=1S/C15H21NO3/c1-10(2)7-11(17)8-16-15(18)13-9-19-14-6-4-3-5-12(13)14/h3-6,10-11,13,17H,7-9H2,1-2H3,(H,16,18)/t11-,13+/m0/s1. The number of hydrogen-bond donors (Lipinski definition) is 2. The van der Waals surface area contributed by atoms with Gasteiger partial charge in [0, 0.05) is 12.1 Å². The molecule has 4 heteroatoms. The van der Waals surface area contributed by atoms with Gasteiger partial charge in [-0.25, -0.2) is 0 Å². The van der Waals surface area contributed by atoms with Crippen molar-refractivity contribution in [3.05, 3.63) is 29.8 Å². The van der Waals surface area contributed by atoms with Gasteiger partial charge in [0.05, 0.1) is 6.10 Å². The van der Waals surface area contributed by atoms with Gasteiger partial charge in [-0.1, -0.05) is 32.0 Å². The maximum absolute atomic E-state index is 12.1. The van der Waals surface area contributed by atoms with Crippen LogP contribution in [0.5, 0.6) is 5.75 Å². The molecule has 0 spiro atoms. The molecule has 104 valence electrons. The van der Waals surface area contributed by atoms with Crippen LogP contribution in [0.3, 0.4) is 0 Å². The molecule has 0 radical (unpaired) electrons. The van der Waals surface area contributed by atoms with E-state index in [1.165, 1.54) is 0 Å². The second kappa shape index (κ2) is 6.06. The molecule has 2 rings (SSSR count). The maximum Gasteiger partial charge on any atom is 0.231 e. The first kappa shape index (κ1) is 13.9. The number of fused-ring (bicyclic) bond motifs is 1. The minimum Gasteiger partial charge on any atom is -0.492 e. The fourth-order valence-corrected chi connectivity index (χ4v) is 2.35. The Morgan fingerprint density at radius 3 is 2.95 bits per heavy atom. The lowest BCUT2D eigenvalue weighted by Crippen LogP contribution is -2.36. The van der Waals surface area contributed by atoms with Gasteiger partial charge in [-0.15, -0.1) is 0 Å². The van der Waals surface area contributed by atoms with E-state index in [1.807, 2.05) is 38.1 Å². The molecule has 0 unspecified atom stereocenters. The number of aliphatic hydroxyl groups is 1. The quantitative estimate of drug-likeness (QED) is 0.850. The first-order chi connectivity index (χ1) is 9.08. The molecular weight excluding hydrogens is 242 g/mol. The average molecular weight is 263 g/mol. The van der Waals surface area contributed by atoms with Gasteiger partial charge < -0.3 is 15.2 Å². The minimum absolute atomic E-state index is 0.0762. The van der Waals surface area contributed by atoms with Crippen molar-refractivity contribution in [3.8, 4) is 5.75 Å². The van der Waals surface area contributed by atoms with Gasteiger partial charge in [0.25, 0.3) is 0 Å². The lowest BCUT2D eigenvalue weighted by Gasteiger charge is -2.15. The Morgan fingerprint density at radius 2 is 2.21 bits per heavy atom. The van der Waals surface area contributed by atoms with Crippen molar-refractivity contribution in [2.45, 2.75) is 32.3 Å². The Kier molecular flexibility index (Phi) is 4.43. The van der Waals surface area contributed by atoms with Crippen molar-refractivity contribution in [3.63, 3.8) is 0 Å². The summed E-state index contributed by atoms with van der Waals surface area (Å²) in [5.74, 6) is 0.864. The van der Waals surface area contributed by atoms with Crippen molar-refractivity contribution >= 4 is 5.91 Å². The van der Waals surface area contributed by atoms with Crippen LogP contribution in [0.25, 0.3) is 0 Å². The number of benzene rings is 1. The molecule has 1 aliphatic heterocycles. The predicted molar refractivity (Wildman–Crippen MR) is 73.1 cm³/mol. The second-order valence-corrected chi connectivity index (χ2v) is 5.43. The van der Waals surface area contributed by atoms with Crippen molar-refractivity contribution in [2.75, 3.05) is 13.2 Å². The SMILES string of the molecule is CC(C)C[C@H](O)CNC(=O)[C@@H]1COc2ccccc21. The first-order valence-electron chi connectivity index (χ1n) is 6.75. The first-order valence-corrected chi connectivity index (χ1v) is 6.75. The topological polar surface area (TPSA) is 58.6 Å². The Bertz CT molecular complexity index is 445. The van der Waals surface area contributed by atoms with Crippen LogP contribution in [0.2, 0.25) is 0 Å². The third-order valence-corrected chi connectivity index (χ3v) is 3.27. The highest BCUT2D eigenvalue weighted by molar-refractivity contribution is 5.85. The fraction of sp³-hybridized carbons (Fsp3) is 0.533. The van der Waals surface area contributed by atoms with Crippen molar-refractivity contribution in [2.24, 2.45) is 5.92 Å². The molecule has 0 aliphatic carbocycles. The highest BCUT2D eigenvalue weighted by atomic mass is 16.5. The lowest BCUT2D eigenvalue weighted by atomic mass is 10.0. The van der Waals surface area contributed by atoms with E-state index in [-0.39, 0.29) is 11.8 Å². The summed E-state index contributed by atoms with van der Waals surface area (Å²) in [7, 11) is 0. The number of carbonyl (C=O) groups is 1. The van der Waals surface area contributed by atoms with Gasteiger partial charge in [0.1, 0.15) is 18.3 Å². The summed E-state index contributed by atoms with van der Waals surface area (Å²) in [5.41, 5.74) is 0.929. The molecule has 4 nitrogen and oxygen atoms in total. The van der Waals surface area contributed by atoms with E-state index in [4.69, 9.17) is 4.74 Å². The van der Waals surface area contributed by atoms with E-state index >= 15 is 0 Å². The van der Waals surface area contributed by atoms with Gasteiger partial charge in [0.2, 0.25) is 5.91 Å². The minimum atomic E-state index is -0.485. The smallest absolute Gasteiger partial charge is 0.231 e. The maximum atomic E-state index is 12.1. The number of aliphatic hydroxyl groups excluding tert-OH is 1. The molecule has 2 N–H and O–H groups in total. The van der Waals surface area contributed by atoms with E-state index in [2.05, 4.69) is 5.32 Å². The third-order valence-electron chi connectivity index (χ3n) is 3.27. The largest absolute Gasteiger partial charge is 0.492 e. The summed E-state index contributed by atoms with van der Waals surface area (Å²) in [6, 6.07) is 7.58. The van der Waals surface area contributed by atoms with Gasteiger partial charge in [-0.3, -0.25) is 4.79 Å². The molecule has 2 atom stereocenters. The van der Waals surface area contributed by atoms with E-state index in [0.717, 1.165) is 11.3 Å². The number of hydrogen-bond acceptors (Lipinski definition) is 3. The molecule has 0 aromatic heterocycles.